The molecule has 0 bridgehead atoms. The predicted molar refractivity (Wildman–Crippen MR) is 92.2 cm³/mol. The molecule has 0 saturated heterocycles. The van der Waals surface area contributed by atoms with Crippen LogP contribution < -0.4 is 4.74 Å². The van der Waals surface area contributed by atoms with E-state index in [1.165, 1.54) is 0 Å². The summed E-state index contributed by atoms with van der Waals surface area (Å²) >= 11 is 0. The largest absolute Gasteiger partial charge is 0.484 e. The molecule has 1 aliphatic heterocycles. The maximum absolute atomic E-state index is 12.6. The van der Waals surface area contributed by atoms with Crippen molar-refractivity contribution in [2.75, 3.05) is 19.8 Å². The van der Waals surface area contributed by atoms with Gasteiger partial charge in [0.05, 0.1) is 6.04 Å². The molecule has 1 aliphatic rings. The van der Waals surface area contributed by atoms with Gasteiger partial charge in [0.25, 0.3) is 5.91 Å². The van der Waals surface area contributed by atoms with Crippen LogP contribution >= 0.6 is 0 Å². The fourth-order valence-corrected chi connectivity index (χ4v) is 2.95. The molecule has 0 aliphatic carbocycles. The zero-order valence-corrected chi connectivity index (χ0v) is 14.9. The summed E-state index contributed by atoms with van der Waals surface area (Å²) in [5.41, 5.74) is 1.16. The van der Waals surface area contributed by atoms with Crippen molar-refractivity contribution in [3.05, 3.63) is 41.5 Å². The van der Waals surface area contributed by atoms with Gasteiger partial charge in [-0.25, -0.2) is 0 Å². The topological polar surface area (TPSA) is 69.5 Å². The van der Waals surface area contributed by atoms with Crippen LogP contribution in [0.15, 0.2) is 24.3 Å². The molecule has 7 nitrogen and oxygen atoms in total. The number of aryl methyl sites for hydroxylation is 1. The van der Waals surface area contributed by atoms with Gasteiger partial charge >= 0.3 is 0 Å². The molecule has 7 heteroatoms. The van der Waals surface area contributed by atoms with E-state index in [-0.39, 0.29) is 18.6 Å². The van der Waals surface area contributed by atoms with Crippen molar-refractivity contribution in [3.63, 3.8) is 0 Å². The number of carbonyl (C=O) groups excluding carboxylic acids is 1. The lowest BCUT2D eigenvalue weighted by molar-refractivity contribution is -0.136. The molecule has 1 aromatic carbocycles. The molecule has 134 valence electrons. The van der Waals surface area contributed by atoms with Crippen LogP contribution in [-0.4, -0.2) is 45.3 Å². The first-order valence-corrected chi connectivity index (χ1v) is 8.58. The molecule has 1 atom stereocenters. The molecule has 0 fully saturated rings. The highest BCUT2D eigenvalue weighted by atomic mass is 16.5. The maximum Gasteiger partial charge on any atom is 0.261 e. The van der Waals surface area contributed by atoms with Crippen molar-refractivity contribution in [3.8, 4) is 5.75 Å². The van der Waals surface area contributed by atoms with Crippen LogP contribution in [0.2, 0.25) is 0 Å². The van der Waals surface area contributed by atoms with Gasteiger partial charge in [0.2, 0.25) is 0 Å². The number of carbonyl (C=O) groups is 1. The number of amides is 1. The van der Waals surface area contributed by atoms with Crippen LogP contribution in [0.5, 0.6) is 5.75 Å². The third-order valence-corrected chi connectivity index (χ3v) is 4.40. The summed E-state index contributed by atoms with van der Waals surface area (Å²) < 4.78 is 13.1. The maximum atomic E-state index is 12.6. The third-order valence-electron chi connectivity index (χ3n) is 4.40. The van der Waals surface area contributed by atoms with Crippen molar-refractivity contribution in [2.45, 2.75) is 40.0 Å². The van der Waals surface area contributed by atoms with Crippen LogP contribution in [-0.2, 0) is 22.7 Å². The third kappa shape index (κ3) is 3.82. The van der Waals surface area contributed by atoms with Crippen molar-refractivity contribution >= 4 is 5.91 Å². The average Bonchev–Trinajstić information content (AvgIpc) is 3.03. The second-order valence-corrected chi connectivity index (χ2v) is 6.13. The van der Waals surface area contributed by atoms with Gasteiger partial charge in [-0.15, -0.1) is 10.2 Å². The number of rotatable bonds is 6. The smallest absolute Gasteiger partial charge is 0.261 e. The first-order chi connectivity index (χ1) is 12.1. The predicted octanol–water partition coefficient (Wildman–Crippen LogP) is 2.11. The van der Waals surface area contributed by atoms with Gasteiger partial charge < -0.3 is 18.9 Å². The molecular formula is C18H24N4O3. The minimum atomic E-state index is -0.134. The van der Waals surface area contributed by atoms with Gasteiger partial charge in [-0.3, -0.25) is 4.79 Å². The van der Waals surface area contributed by atoms with E-state index in [1.54, 1.807) is 4.90 Å². The van der Waals surface area contributed by atoms with E-state index in [9.17, 15) is 4.79 Å². The summed E-state index contributed by atoms with van der Waals surface area (Å²) in [4.78, 5) is 14.4. The van der Waals surface area contributed by atoms with E-state index >= 15 is 0 Å². The first-order valence-electron chi connectivity index (χ1n) is 8.58. The van der Waals surface area contributed by atoms with E-state index in [4.69, 9.17) is 9.47 Å². The number of ether oxygens (including phenoxy) is 2. The lowest BCUT2D eigenvalue weighted by atomic mass is 10.2. The first kappa shape index (κ1) is 17.4. The Morgan fingerprint density at radius 1 is 1.24 bits per heavy atom. The van der Waals surface area contributed by atoms with Gasteiger partial charge in [-0.1, -0.05) is 17.7 Å². The lowest BCUT2D eigenvalue weighted by Gasteiger charge is -2.33. The zero-order chi connectivity index (χ0) is 17.8. The van der Waals surface area contributed by atoms with E-state index in [0.29, 0.717) is 32.1 Å². The number of hydrogen-bond donors (Lipinski definition) is 0. The number of hydrogen-bond acceptors (Lipinski definition) is 5. The quantitative estimate of drug-likeness (QED) is 0.803. The molecule has 2 aromatic rings. The Morgan fingerprint density at radius 2 is 2.00 bits per heavy atom. The van der Waals surface area contributed by atoms with E-state index in [1.807, 2.05) is 49.6 Å². The second-order valence-electron chi connectivity index (χ2n) is 6.13. The highest BCUT2D eigenvalue weighted by Crippen LogP contribution is 2.24. The number of aromatic nitrogens is 3. The van der Waals surface area contributed by atoms with E-state index < -0.39 is 0 Å². The standard InChI is InChI=1S/C18H24N4O3/c1-4-24-11-16-19-20-18-14(3)21(9-10-22(16)18)17(23)12-25-15-7-5-13(2)6-8-15/h5-8,14H,4,9-12H2,1-3H3. The highest BCUT2D eigenvalue weighted by Gasteiger charge is 2.31. The summed E-state index contributed by atoms with van der Waals surface area (Å²) in [6, 6.07) is 7.54. The van der Waals surface area contributed by atoms with Gasteiger partial charge in [0.15, 0.2) is 18.3 Å². The highest BCUT2D eigenvalue weighted by molar-refractivity contribution is 5.78. The Bertz CT molecular complexity index is 726. The molecule has 0 radical (unpaired) electrons. The average molecular weight is 344 g/mol. The fraction of sp³-hybridized carbons (Fsp3) is 0.500. The molecule has 3 rings (SSSR count). The summed E-state index contributed by atoms with van der Waals surface area (Å²) in [7, 11) is 0. The minimum Gasteiger partial charge on any atom is -0.484 e. The van der Waals surface area contributed by atoms with Crippen LogP contribution in [0.4, 0.5) is 0 Å². The summed E-state index contributed by atoms with van der Waals surface area (Å²) in [6.45, 7) is 8.32. The molecule has 0 spiro atoms. The van der Waals surface area contributed by atoms with Crippen molar-refractivity contribution in [1.82, 2.24) is 19.7 Å². The summed E-state index contributed by atoms with van der Waals surface area (Å²) in [5, 5.41) is 8.45. The SMILES string of the molecule is CCOCc1nnc2n1CCN(C(=O)COc1ccc(C)cc1)C2C. The Balaban J connectivity index is 1.62. The second kappa shape index (κ2) is 7.65. The van der Waals surface area contributed by atoms with Crippen LogP contribution in [0, 0.1) is 6.92 Å². The van der Waals surface area contributed by atoms with Gasteiger partial charge in [-0.2, -0.15) is 0 Å². The van der Waals surface area contributed by atoms with Crippen LogP contribution in [0.25, 0.3) is 0 Å². The van der Waals surface area contributed by atoms with E-state index in [0.717, 1.165) is 17.2 Å². The van der Waals surface area contributed by atoms with Gasteiger partial charge in [0.1, 0.15) is 12.4 Å². The Morgan fingerprint density at radius 3 is 2.72 bits per heavy atom. The zero-order valence-electron chi connectivity index (χ0n) is 14.9. The fourth-order valence-electron chi connectivity index (χ4n) is 2.95. The molecule has 0 saturated carbocycles. The monoisotopic (exact) mass is 344 g/mol. The molecule has 1 unspecified atom stereocenters. The minimum absolute atomic E-state index is 0.0212. The summed E-state index contributed by atoms with van der Waals surface area (Å²) in [6.07, 6.45) is 0. The molecule has 1 aromatic heterocycles. The summed E-state index contributed by atoms with van der Waals surface area (Å²) in [5.74, 6) is 2.26. The molecule has 1 amide bonds. The van der Waals surface area contributed by atoms with Crippen molar-refractivity contribution in [2.24, 2.45) is 0 Å². The van der Waals surface area contributed by atoms with Gasteiger partial charge in [-0.05, 0) is 32.9 Å². The van der Waals surface area contributed by atoms with E-state index in [2.05, 4.69) is 10.2 Å². The van der Waals surface area contributed by atoms with Crippen LogP contribution in [0.3, 0.4) is 0 Å². The Hall–Kier alpha value is -2.41. The van der Waals surface area contributed by atoms with Gasteiger partial charge in [0, 0.05) is 19.7 Å². The van der Waals surface area contributed by atoms with Crippen LogP contribution in [0.1, 0.15) is 37.1 Å². The van der Waals surface area contributed by atoms with Crippen molar-refractivity contribution < 1.29 is 14.3 Å². The lowest BCUT2D eigenvalue weighted by Crippen LogP contribution is -2.43. The normalized spacial score (nSPS) is 16.6. The number of benzene rings is 1. The number of fused-ring (bicyclic) bond motifs is 1. The Kier molecular flexibility index (Phi) is 5.33. The van der Waals surface area contributed by atoms with Crippen molar-refractivity contribution in [1.29, 1.82) is 0 Å². The molecule has 0 N–H and O–H groups in total. The number of nitrogens with zero attached hydrogens (tertiary/aromatic N) is 4. The Labute approximate surface area is 147 Å². The molecular weight excluding hydrogens is 320 g/mol. The molecule has 25 heavy (non-hydrogen) atoms. The molecule has 2 heterocycles.